The molecule has 3 aromatic rings. The highest BCUT2D eigenvalue weighted by atomic mass is 19.1. The van der Waals surface area contributed by atoms with Crippen molar-refractivity contribution in [1.29, 1.82) is 0 Å². The first-order valence-corrected chi connectivity index (χ1v) is 16.7. The molecule has 2 N–H and O–H groups in total. The highest BCUT2D eigenvalue weighted by Crippen LogP contribution is 2.46. The number of hydrogen-bond donors (Lipinski definition) is 2. The first-order valence-electron chi connectivity index (χ1n) is 16.7. The van der Waals surface area contributed by atoms with E-state index in [0.717, 1.165) is 79.4 Å². The Balaban J connectivity index is 1.79. The molecule has 0 aliphatic carbocycles. The van der Waals surface area contributed by atoms with E-state index in [0.29, 0.717) is 24.3 Å². The van der Waals surface area contributed by atoms with E-state index in [1.54, 1.807) is 12.1 Å². The van der Waals surface area contributed by atoms with Crippen LogP contribution in [0.5, 0.6) is 5.75 Å². The van der Waals surface area contributed by atoms with Gasteiger partial charge in [-0.1, -0.05) is 38.1 Å². The number of pyridine rings is 1. The lowest BCUT2D eigenvalue weighted by Crippen LogP contribution is -2.39. The molecule has 1 saturated heterocycles. The van der Waals surface area contributed by atoms with Crippen LogP contribution < -0.4 is 15.0 Å². The van der Waals surface area contributed by atoms with Crippen LogP contribution in [-0.4, -0.2) is 73.4 Å². The van der Waals surface area contributed by atoms with Gasteiger partial charge in [0.15, 0.2) is 6.10 Å². The van der Waals surface area contributed by atoms with Crippen molar-refractivity contribution in [3.05, 3.63) is 71.2 Å². The fraction of sp³-hybridized carbons (Fsp3) is 0.526. The number of carbonyl (C=O) groups is 1. The number of nitrogens with one attached hydrogen (secondary N) is 1. The van der Waals surface area contributed by atoms with Gasteiger partial charge >= 0.3 is 5.97 Å². The average molecular weight is 649 g/mol. The Labute approximate surface area is 280 Å². The monoisotopic (exact) mass is 648 g/mol. The van der Waals surface area contributed by atoms with Gasteiger partial charge in [0, 0.05) is 42.9 Å². The van der Waals surface area contributed by atoms with Gasteiger partial charge in [-0.05, 0) is 108 Å². The number of nitrogens with zero attached hydrogens (tertiary/aromatic N) is 3. The number of halogens is 1. The topological polar surface area (TPSA) is 87.2 Å². The van der Waals surface area contributed by atoms with Gasteiger partial charge in [-0.25, -0.2) is 14.2 Å². The maximum absolute atomic E-state index is 13.3. The summed E-state index contributed by atoms with van der Waals surface area (Å²) in [4.78, 5) is 22.4. The van der Waals surface area contributed by atoms with Gasteiger partial charge in [0.05, 0.1) is 17.9 Å². The number of benzene rings is 2. The summed E-state index contributed by atoms with van der Waals surface area (Å²) in [5.74, 6) is 0.163. The van der Waals surface area contributed by atoms with Crippen molar-refractivity contribution in [3.8, 4) is 16.9 Å². The van der Waals surface area contributed by atoms with Gasteiger partial charge in [0.25, 0.3) is 0 Å². The molecule has 1 aromatic heterocycles. The quantitative estimate of drug-likeness (QED) is 0.172. The van der Waals surface area contributed by atoms with E-state index in [1.807, 2.05) is 52.0 Å². The van der Waals surface area contributed by atoms with Crippen molar-refractivity contribution in [2.75, 3.05) is 57.1 Å². The number of aromatic nitrogens is 1. The second kappa shape index (κ2) is 15.5. The number of piperidine rings is 1. The summed E-state index contributed by atoms with van der Waals surface area (Å²) in [7, 11) is 4.12. The van der Waals surface area contributed by atoms with Gasteiger partial charge in [-0.3, -0.25) is 0 Å². The Morgan fingerprint density at radius 3 is 2.30 bits per heavy atom. The van der Waals surface area contributed by atoms with Crippen molar-refractivity contribution in [2.45, 2.75) is 78.9 Å². The van der Waals surface area contributed by atoms with Crippen molar-refractivity contribution in [3.63, 3.8) is 0 Å². The minimum atomic E-state index is -1.19. The summed E-state index contributed by atoms with van der Waals surface area (Å²) in [6.07, 6.45) is 2.36. The van der Waals surface area contributed by atoms with Crippen LogP contribution in [0.15, 0.2) is 48.5 Å². The Morgan fingerprint density at radius 1 is 1.09 bits per heavy atom. The highest BCUT2D eigenvalue weighted by Gasteiger charge is 2.37. The highest BCUT2D eigenvalue weighted by molar-refractivity contribution is 5.92. The fourth-order valence-corrected chi connectivity index (χ4v) is 5.93. The molecule has 1 fully saturated rings. The third-order valence-electron chi connectivity index (χ3n) is 8.58. The molecule has 1 unspecified atom stereocenters. The number of hydrogen-bond acceptors (Lipinski definition) is 7. The van der Waals surface area contributed by atoms with Crippen LogP contribution in [0.1, 0.15) is 76.8 Å². The molecule has 4 rings (SSSR count). The van der Waals surface area contributed by atoms with Crippen LogP contribution in [0.2, 0.25) is 0 Å². The van der Waals surface area contributed by atoms with Gasteiger partial charge in [-0.2, -0.15) is 0 Å². The molecule has 0 spiro atoms. The number of anilines is 2. The van der Waals surface area contributed by atoms with Gasteiger partial charge in [0.2, 0.25) is 0 Å². The number of aliphatic carboxylic acids is 1. The molecule has 2 aromatic carbocycles. The average Bonchev–Trinajstić information content (AvgIpc) is 2.99. The summed E-state index contributed by atoms with van der Waals surface area (Å²) in [5.41, 5.74) is 4.41. The van der Waals surface area contributed by atoms with Crippen molar-refractivity contribution < 1.29 is 23.8 Å². The van der Waals surface area contributed by atoms with E-state index < -0.39 is 17.7 Å². The molecular formula is C38H53FN4O4. The zero-order valence-electron chi connectivity index (χ0n) is 29.5. The molecule has 0 amide bonds. The number of rotatable bonds is 14. The van der Waals surface area contributed by atoms with E-state index >= 15 is 0 Å². The van der Waals surface area contributed by atoms with Crippen molar-refractivity contribution >= 4 is 17.5 Å². The van der Waals surface area contributed by atoms with Crippen LogP contribution in [0.25, 0.3) is 11.1 Å². The zero-order chi connectivity index (χ0) is 34.4. The van der Waals surface area contributed by atoms with Gasteiger partial charge in [-0.15, -0.1) is 0 Å². The normalized spacial score (nSPS) is 15.5. The second-order valence-electron chi connectivity index (χ2n) is 14.6. The smallest absolute Gasteiger partial charge is 0.337 e. The number of carboxylic acid groups (broad SMARTS) is 1. The molecule has 2 heterocycles. The van der Waals surface area contributed by atoms with Crippen LogP contribution in [0.4, 0.5) is 15.9 Å². The molecule has 1 atom stereocenters. The summed E-state index contributed by atoms with van der Waals surface area (Å²) in [6.45, 7) is 15.8. The Kier molecular flexibility index (Phi) is 11.9. The standard InChI is InChI=1S/C38H53FN4O4/c1-26-31(34(36(44)45)47-37(2,3)4)33(43-23-19-38(5,6)20-24-43)32(35(41-26)40-21-9-22-42(7)8)28-12-16-30(17-13-28)46-25-18-27-10-14-29(39)15-11-27/h10-17,34H,9,18-25H2,1-8H3,(H,40,41)(H,44,45). The summed E-state index contributed by atoms with van der Waals surface area (Å²) in [5, 5.41) is 14.2. The molecule has 9 heteroatoms. The largest absolute Gasteiger partial charge is 0.493 e. The maximum Gasteiger partial charge on any atom is 0.337 e. The van der Waals surface area contributed by atoms with Crippen LogP contribution in [0, 0.1) is 18.2 Å². The molecule has 0 bridgehead atoms. The lowest BCUT2D eigenvalue weighted by Gasteiger charge is -2.41. The minimum Gasteiger partial charge on any atom is -0.493 e. The number of ether oxygens (including phenoxy) is 2. The van der Waals surface area contributed by atoms with Crippen LogP contribution in [-0.2, 0) is 16.0 Å². The van der Waals surface area contributed by atoms with Gasteiger partial charge < -0.3 is 29.7 Å². The molecular weight excluding hydrogens is 595 g/mol. The van der Waals surface area contributed by atoms with Crippen molar-refractivity contribution in [1.82, 2.24) is 9.88 Å². The van der Waals surface area contributed by atoms with E-state index in [9.17, 15) is 14.3 Å². The lowest BCUT2D eigenvalue weighted by atomic mass is 9.82. The first-order chi connectivity index (χ1) is 22.1. The Hall–Kier alpha value is -3.69. The van der Waals surface area contributed by atoms with Crippen molar-refractivity contribution in [2.24, 2.45) is 5.41 Å². The summed E-state index contributed by atoms with van der Waals surface area (Å²) in [6, 6.07) is 14.4. The van der Waals surface area contributed by atoms with E-state index in [2.05, 4.69) is 43.1 Å². The van der Waals surface area contributed by atoms with E-state index in [1.165, 1.54) is 12.1 Å². The van der Waals surface area contributed by atoms with Gasteiger partial charge in [0.1, 0.15) is 17.4 Å². The molecule has 47 heavy (non-hydrogen) atoms. The number of aryl methyl sites for hydroxylation is 1. The second-order valence-corrected chi connectivity index (χ2v) is 14.6. The predicted octanol–water partition coefficient (Wildman–Crippen LogP) is 7.75. The third-order valence-corrected chi connectivity index (χ3v) is 8.58. The Morgan fingerprint density at radius 2 is 1.72 bits per heavy atom. The fourth-order valence-electron chi connectivity index (χ4n) is 5.93. The van der Waals surface area contributed by atoms with Crippen LogP contribution in [0.3, 0.4) is 0 Å². The lowest BCUT2D eigenvalue weighted by molar-refractivity contribution is -0.160. The molecule has 8 nitrogen and oxygen atoms in total. The summed E-state index contributed by atoms with van der Waals surface area (Å²) < 4.78 is 25.6. The minimum absolute atomic E-state index is 0.202. The first kappa shape index (κ1) is 36.2. The molecule has 1 aliphatic heterocycles. The zero-order valence-corrected chi connectivity index (χ0v) is 29.5. The molecule has 256 valence electrons. The maximum atomic E-state index is 13.3. The molecule has 0 radical (unpaired) electrons. The van der Waals surface area contributed by atoms with E-state index in [-0.39, 0.29) is 11.2 Å². The summed E-state index contributed by atoms with van der Waals surface area (Å²) >= 11 is 0. The predicted molar refractivity (Wildman–Crippen MR) is 188 cm³/mol. The SMILES string of the molecule is Cc1nc(NCCCN(C)C)c(-c2ccc(OCCc3ccc(F)cc3)cc2)c(N2CCC(C)(C)CC2)c1C(OC(C)(C)C)C(=O)O. The Bertz CT molecular complexity index is 1470. The van der Waals surface area contributed by atoms with Crippen LogP contribution >= 0.6 is 0 Å². The molecule has 1 aliphatic rings. The number of carboxylic acids is 1. The van der Waals surface area contributed by atoms with E-state index in [4.69, 9.17) is 14.5 Å². The molecule has 0 saturated carbocycles. The third kappa shape index (κ3) is 10.1.